The molecule has 4 nitrogen and oxygen atoms in total. The summed E-state index contributed by atoms with van der Waals surface area (Å²) in [5.41, 5.74) is 1.05. The van der Waals surface area contributed by atoms with Gasteiger partial charge in [0.05, 0.1) is 0 Å². The highest BCUT2D eigenvalue weighted by Gasteiger charge is 2.21. The minimum Gasteiger partial charge on any atom is -0.355 e. The van der Waals surface area contributed by atoms with E-state index in [2.05, 4.69) is 29.5 Å². The minimum absolute atomic E-state index is 0.0904. The molecule has 18 heavy (non-hydrogen) atoms. The monoisotopic (exact) mass is 249 g/mol. The van der Waals surface area contributed by atoms with Crippen molar-refractivity contribution < 1.29 is 4.79 Å². The summed E-state index contributed by atoms with van der Waals surface area (Å²) in [6.45, 7) is 5.73. The number of hydrogen-bond donors (Lipinski definition) is 2. The maximum atomic E-state index is 11.6. The van der Waals surface area contributed by atoms with Crippen LogP contribution in [0.3, 0.4) is 0 Å². The summed E-state index contributed by atoms with van der Waals surface area (Å²) in [5.74, 6) is 0.113. The lowest BCUT2D eigenvalue weighted by Crippen LogP contribution is -2.36. The lowest BCUT2D eigenvalue weighted by molar-refractivity contribution is -0.121. The van der Waals surface area contributed by atoms with Crippen LogP contribution in [0.25, 0.3) is 0 Å². The summed E-state index contributed by atoms with van der Waals surface area (Å²) in [6.07, 6.45) is 5.06. The van der Waals surface area contributed by atoms with E-state index in [4.69, 9.17) is 0 Å². The maximum absolute atomic E-state index is 11.6. The predicted molar refractivity (Wildman–Crippen MR) is 73.4 cm³/mol. The molecule has 4 heteroatoms. The molecule has 0 saturated carbocycles. The molecule has 0 aliphatic heterocycles. The highest BCUT2D eigenvalue weighted by Crippen LogP contribution is 2.20. The second kappa shape index (κ2) is 7.11. The van der Waals surface area contributed by atoms with Gasteiger partial charge in [-0.15, -0.1) is 0 Å². The van der Waals surface area contributed by atoms with Crippen molar-refractivity contribution in [3.8, 4) is 0 Å². The second-order valence-corrected chi connectivity index (χ2v) is 5.11. The zero-order valence-corrected chi connectivity index (χ0v) is 11.5. The quantitative estimate of drug-likeness (QED) is 0.720. The van der Waals surface area contributed by atoms with Crippen LogP contribution in [-0.4, -0.2) is 31.0 Å². The number of rotatable bonds is 7. The van der Waals surface area contributed by atoms with Crippen LogP contribution in [0, 0.1) is 0 Å². The molecule has 0 fully saturated rings. The SMILES string of the molecule is CNCCCC(=O)NCC(C)(C)c1cccnc1. The van der Waals surface area contributed by atoms with Crippen LogP contribution in [-0.2, 0) is 10.2 Å². The molecule has 0 aliphatic rings. The van der Waals surface area contributed by atoms with E-state index in [0.717, 1.165) is 18.5 Å². The molecule has 0 bridgehead atoms. The van der Waals surface area contributed by atoms with Gasteiger partial charge in [0.15, 0.2) is 0 Å². The minimum atomic E-state index is -0.0904. The van der Waals surface area contributed by atoms with Gasteiger partial charge in [-0.25, -0.2) is 0 Å². The molecular formula is C14H23N3O. The number of carbonyl (C=O) groups is 1. The molecule has 1 aromatic rings. The first-order valence-electron chi connectivity index (χ1n) is 6.38. The van der Waals surface area contributed by atoms with Gasteiger partial charge in [-0.05, 0) is 31.6 Å². The van der Waals surface area contributed by atoms with Crippen molar-refractivity contribution in [2.24, 2.45) is 0 Å². The van der Waals surface area contributed by atoms with E-state index in [-0.39, 0.29) is 11.3 Å². The van der Waals surface area contributed by atoms with E-state index in [1.54, 1.807) is 6.20 Å². The Balaban J connectivity index is 2.40. The van der Waals surface area contributed by atoms with E-state index < -0.39 is 0 Å². The van der Waals surface area contributed by atoms with Crippen molar-refractivity contribution in [2.75, 3.05) is 20.1 Å². The van der Waals surface area contributed by atoms with E-state index in [9.17, 15) is 4.79 Å². The van der Waals surface area contributed by atoms with Crippen LogP contribution in [0.1, 0.15) is 32.3 Å². The lowest BCUT2D eigenvalue weighted by Gasteiger charge is -2.25. The topological polar surface area (TPSA) is 54.0 Å². The van der Waals surface area contributed by atoms with Crippen LogP contribution in [0.4, 0.5) is 0 Å². The van der Waals surface area contributed by atoms with Crippen LogP contribution >= 0.6 is 0 Å². The van der Waals surface area contributed by atoms with Gasteiger partial charge in [-0.2, -0.15) is 0 Å². The van der Waals surface area contributed by atoms with E-state index >= 15 is 0 Å². The molecule has 2 N–H and O–H groups in total. The first-order valence-corrected chi connectivity index (χ1v) is 6.38. The van der Waals surface area contributed by atoms with Crippen LogP contribution in [0.5, 0.6) is 0 Å². The molecule has 0 unspecified atom stereocenters. The first kappa shape index (κ1) is 14.6. The summed E-state index contributed by atoms with van der Waals surface area (Å²) >= 11 is 0. The van der Waals surface area contributed by atoms with Crippen molar-refractivity contribution in [3.63, 3.8) is 0 Å². The molecule has 0 saturated heterocycles. The summed E-state index contributed by atoms with van der Waals surface area (Å²) in [5, 5.41) is 6.02. The second-order valence-electron chi connectivity index (χ2n) is 5.11. The molecule has 1 amide bonds. The van der Waals surface area contributed by atoms with Crippen molar-refractivity contribution in [1.29, 1.82) is 0 Å². The summed E-state index contributed by atoms with van der Waals surface area (Å²) in [6, 6.07) is 3.96. The zero-order chi connectivity index (χ0) is 13.4. The van der Waals surface area contributed by atoms with Gasteiger partial charge < -0.3 is 10.6 Å². The number of hydrogen-bond acceptors (Lipinski definition) is 3. The van der Waals surface area contributed by atoms with Crippen molar-refractivity contribution in [2.45, 2.75) is 32.1 Å². The Morgan fingerprint density at radius 1 is 1.44 bits per heavy atom. The van der Waals surface area contributed by atoms with Crippen molar-refractivity contribution in [3.05, 3.63) is 30.1 Å². The molecular weight excluding hydrogens is 226 g/mol. The number of carbonyl (C=O) groups excluding carboxylic acids is 1. The Bertz CT molecular complexity index is 363. The fraction of sp³-hybridized carbons (Fsp3) is 0.571. The van der Waals surface area contributed by atoms with Crippen LogP contribution in [0.15, 0.2) is 24.5 Å². The summed E-state index contributed by atoms with van der Waals surface area (Å²) in [7, 11) is 1.89. The number of aromatic nitrogens is 1. The van der Waals surface area contributed by atoms with Crippen molar-refractivity contribution >= 4 is 5.91 Å². The lowest BCUT2D eigenvalue weighted by atomic mass is 9.85. The molecule has 0 aliphatic carbocycles. The Labute approximate surface area is 109 Å². The summed E-state index contributed by atoms with van der Waals surface area (Å²) < 4.78 is 0. The van der Waals surface area contributed by atoms with Crippen LogP contribution < -0.4 is 10.6 Å². The average molecular weight is 249 g/mol. The van der Waals surface area contributed by atoms with E-state index in [0.29, 0.717) is 13.0 Å². The van der Waals surface area contributed by atoms with Gasteiger partial charge in [-0.1, -0.05) is 19.9 Å². The normalized spacial score (nSPS) is 11.3. The Morgan fingerprint density at radius 3 is 2.83 bits per heavy atom. The molecule has 1 rings (SSSR count). The highest BCUT2D eigenvalue weighted by atomic mass is 16.1. The van der Waals surface area contributed by atoms with Gasteiger partial charge in [0, 0.05) is 30.8 Å². The van der Waals surface area contributed by atoms with Gasteiger partial charge in [-0.3, -0.25) is 9.78 Å². The number of nitrogens with zero attached hydrogens (tertiary/aromatic N) is 1. The summed E-state index contributed by atoms with van der Waals surface area (Å²) in [4.78, 5) is 15.8. The fourth-order valence-corrected chi connectivity index (χ4v) is 1.70. The van der Waals surface area contributed by atoms with Gasteiger partial charge in [0.1, 0.15) is 0 Å². The van der Waals surface area contributed by atoms with Gasteiger partial charge >= 0.3 is 0 Å². The Hall–Kier alpha value is -1.42. The number of amides is 1. The maximum Gasteiger partial charge on any atom is 0.220 e. The Morgan fingerprint density at radius 2 is 2.22 bits per heavy atom. The van der Waals surface area contributed by atoms with Crippen molar-refractivity contribution in [1.82, 2.24) is 15.6 Å². The van der Waals surface area contributed by atoms with Crippen LogP contribution in [0.2, 0.25) is 0 Å². The molecule has 100 valence electrons. The van der Waals surface area contributed by atoms with E-state index in [1.165, 1.54) is 0 Å². The number of pyridine rings is 1. The zero-order valence-electron chi connectivity index (χ0n) is 11.5. The largest absolute Gasteiger partial charge is 0.355 e. The number of nitrogens with one attached hydrogen (secondary N) is 2. The third-order valence-electron chi connectivity index (χ3n) is 3.00. The Kier molecular flexibility index (Phi) is 5.78. The molecule has 0 atom stereocenters. The standard InChI is InChI=1S/C14H23N3O/c1-14(2,12-6-4-9-16-10-12)11-17-13(18)7-5-8-15-3/h4,6,9-10,15H,5,7-8,11H2,1-3H3,(H,17,18). The smallest absolute Gasteiger partial charge is 0.220 e. The molecule has 0 aromatic carbocycles. The predicted octanol–water partition coefficient (Wildman–Crippen LogP) is 1.47. The average Bonchev–Trinajstić information content (AvgIpc) is 2.38. The molecule has 0 spiro atoms. The third kappa shape index (κ3) is 4.84. The highest BCUT2D eigenvalue weighted by molar-refractivity contribution is 5.75. The molecule has 1 heterocycles. The van der Waals surface area contributed by atoms with Gasteiger partial charge in [0.25, 0.3) is 0 Å². The molecule has 1 aromatic heterocycles. The fourth-order valence-electron chi connectivity index (χ4n) is 1.70. The third-order valence-corrected chi connectivity index (χ3v) is 3.00. The molecule has 0 radical (unpaired) electrons. The first-order chi connectivity index (χ1) is 8.56. The van der Waals surface area contributed by atoms with Gasteiger partial charge in [0.2, 0.25) is 5.91 Å². The van der Waals surface area contributed by atoms with E-state index in [1.807, 2.05) is 25.4 Å².